The second-order valence-corrected chi connectivity index (χ2v) is 5.16. The van der Waals surface area contributed by atoms with Crippen LogP contribution in [-0.2, 0) is 19.0 Å². The maximum absolute atomic E-state index is 12.5. The van der Waals surface area contributed by atoms with Gasteiger partial charge in [0, 0.05) is 0 Å². The third kappa shape index (κ3) is 4.07. The molecule has 6 nitrogen and oxygen atoms in total. The molecule has 0 bridgehead atoms. The normalized spacial score (nSPS) is 17.3. The minimum absolute atomic E-state index is 0.121. The van der Waals surface area contributed by atoms with Crippen LogP contribution in [0.25, 0.3) is 0 Å². The van der Waals surface area contributed by atoms with Crippen molar-refractivity contribution in [3.63, 3.8) is 0 Å². The van der Waals surface area contributed by atoms with Crippen molar-refractivity contribution in [1.29, 1.82) is 5.26 Å². The lowest BCUT2D eigenvalue weighted by atomic mass is 9.83. The van der Waals surface area contributed by atoms with Crippen LogP contribution in [0.15, 0.2) is 58.1 Å². The predicted octanol–water partition coefficient (Wildman–Crippen LogP) is 3.44. The molecule has 0 aliphatic carbocycles. The molecule has 0 fully saturated rings. The van der Waals surface area contributed by atoms with Crippen molar-refractivity contribution in [3.8, 4) is 6.07 Å². The number of benzene rings is 1. The lowest BCUT2D eigenvalue weighted by molar-refractivity contribution is -0.139. The Morgan fingerprint density at radius 3 is 2.64 bits per heavy atom. The number of allylic oxidation sites excluding steroid dienone is 2. The highest BCUT2D eigenvalue weighted by molar-refractivity contribution is 5.92. The number of aliphatic imine (C=N–C) groups is 1. The predicted molar refractivity (Wildman–Crippen MR) is 92.4 cm³/mol. The highest BCUT2D eigenvalue weighted by Gasteiger charge is 2.36. The highest BCUT2D eigenvalue weighted by Crippen LogP contribution is 2.40. The molecule has 2 rings (SSSR count). The maximum atomic E-state index is 12.5. The van der Waals surface area contributed by atoms with Crippen LogP contribution in [0.5, 0.6) is 0 Å². The topological polar surface area (TPSA) is 80.9 Å². The number of rotatable bonds is 6. The van der Waals surface area contributed by atoms with Crippen LogP contribution in [0, 0.1) is 11.3 Å². The molecule has 0 radical (unpaired) electrons. The quantitative estimate of drug-likeness (QED) is 0.450. The van der Waals surface area contributed by atoms with Gasteiger partial charge in [0.25, 0.3) is 0 Å². The number of carbonyl (C=O) groups is 1. The summed E-state index contributed by atoms with van der Waals surface area (Å²) >= 11 is 0. The highest BCUT2D eigenvalue weighted by atomic mass is 16.5. The average Bonchev–Trinajstić information content (AvgIpc) is 2.62. The van der Waals surface area contributed by atoms with E-state index in [2.05, 4.69) is 11.1 Å². The Bertz CT molecular complexity index is 757. The lowest BCUT2D eigenvalue weighted by Gasteiger charge is -2.26. The third-order valence-electron chi connectivity index (χ3n) is 3.60. The summed E-state index contributed by atoms with van der Waals surface area (Å²) in [7, 11) is 0. The zero-order chi connectivity index (χ0) is 18.2. The van der Waals surface area contributed by atoms with Crippen molar-refractivity contribution in [2.45, 2.75) is 26.7 Å². The lowest BCUT2D eigenvalue weighted by Crippen LogP contribution is -2.23. The third-order valence-corrected chi connectivity index (χ3v) is 3.60. The van der Waals surface area contributed by atoms with E-state index in [9.17, 15) is 10.1 Å². The summed E-state index contributed by atoms with van der Waals surface area (Å²) < 4.78 is 15.9. The zero-order valence-corrected chi connectivity index (χ0v) is 14.5. The van der Waals surface area contributed by atoms with Gasteiger partial charge in [0.05, 0.1) is 24.7 Å². The van der Waals surface area contributed by atoms with E-state index in [0.29, 0.717) is 17.9 Å². The molecule has 6 heteroatoms. The van der Waals surface area contributed by atoms with Gasteiger partial charge in [-0.3, -0.25) is 0 Å². The molecule has 0 N–H and O–H groups in total. The van der Waals surface area contributed by atoms with Crippen molar-refractivity contribution in [2.24, 2.45) is 4.99 Å². The van der Waals surface area contributed by atoms with E-state index >= 15 is 0 Å². The number of ether oxygens (including phenoxy) is 3. The zero-order valence-electron chi connectivity index (χ0n) is 14.5. The van der Waals surface area contributed by atoms with Crippen molar-refractivity contribution in [3.05, 3.63) is 58.7 Å². The fourth-order valence-corrected chi connectivity index (χ4v) is 2.54. The molecule has 1 aromatic rings. The molecule has 0 amide bonds. The molecule has 1 atom stereocenters. The first-order valence-corrected chi connectivity index (χ1v) is 8.03. The summed E-state index contributed by atoms with van der Waals surface area (Å²) in [4.78, 5) is 16.6. The summed E-state index contributed by atoms with van der Waals surface area (Å²) in [5.74, 6) is -0.632. The number of hydrogen-bond acceptors (Lipinski definition) is 6. The Morgan fingerprint density at radius 2 is 2.04 bits per heavy atom. The molecule has 0 spiro atoms. The van der Waals surface area contributed by atoms with E-state index in [-0.39, 0.29) is 18.1 Å². The van der Waals surface area contributed by atoms with Crippen molar-refractivity contribution in [2.75, 3.05) is 13.2 Å². The van der Waals surface area contributed by atoms with Crippen LogP contribution in [-0.4, -0.2) is 25.6 Å². The van der Waals surface area contributed by atoms with Gasteiger partial charge >= 0.3 is 5.97 Å². The Hall–Kier alpha value is -3.07. The van der Waals surface area contributed by atoms with Gasteiger partial charge in [-0.05, 0) is 26.3 Å². The number of carbonyl (C=O) groups excluding carboxylic acids is 1. The van der Waals surface area contributed by atoms with Crippen molar-refractivity contribution >= 4 is 12.4 Å². The molecule has 25 heavy (non-hydrogen) atoms. The first kappa shape index (κ1) is 18.3. The fraction of sp³-hybridized carbons (Fsp3) is 0.316. The van der Waals surface area contributed by atoms with Crippen LogP contribution in [0.1, 0.15) is 32.3 Å². The van der Waals surface area contributed by atoms with Crippen molar-refractivity contribution < 1.29 is 19.0 Å². The largest absolute Gasteiger partial charge is 0.483 e. The van der Waals surface area contributed by atoms with Gasteiger partial charge < -0.3 is 14.2 Å². The standard InChI is InChI=1S/C19H20N2O4/c1-4-23-12-21-18-15(11-20)17(14-9-7-6-8-10-14)16(13(3)25-18)19(22)24-5-2/h6-10,12,17H,4-5H2,1-3H3/t17-/m1/s1. The van der Waals surface area contributed by atoms with Crippen LogP contribution < -0.4 is 0 Å². The molecular weight excluding hydrogens is 320 g/mol. The number of esters is 1. The maximum Gasteiger partial charge on any atom is 0.338 e. The molecule has 0 saturated carbocycles. The van der Waals surface area contributed by atoms with E-state index in [1.54, 1.807) is 13.8 Å². The number of hydrogen-bond donors (Lipinski definition) is 0. The van der Waals surface area contributed by atoms with Crippen LogP contribution >= 0.6 is 0 Å². The Morgan fingerprint density at radius 1 is 1.32 bits per heavy atom. The molecule has 1 aromatic carbocycles. The Kier molecular flexibility index (Phi) is 6.35. The Balaban J connectivity index is 2.57. The van der Waals surface area contributed by atoms with Crippen LogP contribution in [0.2, 0.25) is 0 Å². The molecule has 0 unspecified atom stereocenters. The average molecular weight is 340 g/mol. The molecule has 130 valence electrons. The summed E-state index contributed by atoms with van der Waals surface area (Å²) in [6, 6.07) is 11.4. The summed E-state index contributed by atoms with van der Waals surface area (Å²) in [5.41, 5.74) is 1.32. The van der Waals surface area contributed by atoms with E-state index in [4.69, 9.17) is 14.2 Å². The second-order valence-electron chi connectivity index (χ2n) is 5.16. The van der Waals surface area contributed by atoms with Gasteiger partial charge in [0.1, 0.15) is 17.4 Å². The van der Waals surface area contributed by atoms with Crippen LogP contribution in [0.3, 0.4) is 0 Å². The summed E-state index contributed by atoms with van der Waals surface area (Å²) in [5, 5.41) is 9.69. The number of nitrogens with zero attached hydrogens (tertiary/aromatic N) is 2. The summed E-state index contributed by atoms with van der Waals surface area (Å²) in [6.07, 6.45) is 1.23. The first-order chi connectivity index (χ1) is 12.1. The number of nitriles is 1. The second kappa shape index (κ2) is 8.69. The summed E-state index contributed by atoms with van der Waals surface area (Å²) in [6.45, 7) is 5.90. The van der Waals surface area contributed by atoms with Gasteiger partial charge in [0.15, 0.2) is 6.40 Å². The SMILES string of the molecule is CCOC=NC1=C(C#N)[C@@H](c2ccccc2)C(C(=O)OCC)=C(C)O1. The molecular formula is C19H20N2O4. The van der Waals surface area contributed by atoms with Gasteiger partial charge in [-0.15, -0.1) is 0 Å². The van der Waals surface area contributed by atoms with E-state index < -0.39 is 11.9 Å². The molecule has 1 aliphatic heterocycles. The smallest absolute Gasteiger partial charge is 0.338 e. The minimum Gasteiger partial charge on any atom is -0.483 e. The van der Waals surface area contributed by atoms with Gasteiger partial charge in [-0.25, -0.2) is 4.79 Å². The van der Waals surface area contributed by atoms with Gasteiger partial charge in [-0.1, -0.05) is 30.3 Å². The first-order valence-electron chi connectivity index (χ1n) is 8.03. The van der Waals surface area contributed by atoms with E-state index in [1.165, 1.54) is 6.40 Å². The molecule has 0 aromatic heterocycles. The van der Waals surface area contributed by atoms with Crippen molar-refractivity contribution in [1.82, 2.24) is 0 Å². The van der Waals surface area contributed by atoms with E-state index in [0.717, 1.165) is 5.56 Å². The van der Waals surface area contributed by atoms with Crippen LogP contribution in [0.4, 0.5) is 0 Å². The minimum atomic E-state index is -0.604. The molecule has 1 heterocycles. The monoisotopic (exact) mass is 340 g/mol. The van der Waals surface area contributed by atoms with Gasteiger partial charge in [0.2, 0.25) is 5.88 Å². The fourth-order valence-electron chi connectivity index (χ4n) is 2.54. The van der Waals surface area contributed by atoms with Gasteiger partial charge in [-0.2, -0.15) is 10.3 Å². The van der Waals surface area contributed by atoms with E-state index in [1.807, 2.05) is 37.3 Å². The molecule has 1 aliphatic rings. The Labute approximate surface area is 147 Å². The molecule has 0 saturated heterocycles.